The molecule has 25 heavy (non-hydrogen) atoms. The first kappa shape index (κ1) is 18.4. The highest BCUT2D eigenvalue weighted by atomic mass is 35.5. The van der Waals surface area contributed by atoms with Gasteiger partial charge >= 0.3 is 0 Å². The highest BCUT2D eigenvalue weighted by molar-refractivity contribution is 5.85. The number of likely N-dealkylation sites (tertiary alicyclic amines) is 1. The van der Waals surface area contributed by atoms with Crippen LogP contribution in [0.4, 0.5) is 0 Å². The molecule has 2 aromatic rings. The van der Waals surface area contributed by atoms with Crippen molar-refractivity contribution in [2.45, 2.75) is 45.2 Å². The van der Waals surface area contributed by atoms with Crippen LogP contribution in [0, 0.1) is 12.8 Å². The Morgan fingerprint density at radius 3 is 2.52 bits per heavy atom. The Kier molecular flexibility index (Phi) is 6.15. The van der Waals surface area contributed by atoms with Crippen molar-refractivity contribution < 1.29 is 4.42 Å². The topological polar surface area (TPSA) is 41.3 Å². The van der Waals surface area contributed by atoms with E-state index in [1.807, 2.05) is 6.26 Å². The highest BCUT2D eigenvalue weighted by Gasteiger charge is 2.24. The summed E-state index contributed by atoms with van der Waals surface area (Å²) in [6.45, 7) is 6.51. The number of hydrogen-bond donors (Lipinski definition) is 1. The maximum atomic E-state index is 5.67. The third-order valence-electron chi connectivity index (χ3n) is 5.22. The average Bonchev–Trinajstić information content (AvgIpc) is 3.33. The van der Waals surface area contributed by atoms with Crippen molar-refractivity contribution in [1.82, 2.24) is 15.2 Å². The Morgan fingerprint density at radius 2 is 1.84 bits per heavy atom. The summed E-state index contributed by atoms with van der Waals surface area (Å²) in [5, 5.41) is 3.74. The average molecular weight is 362 g/mol. The number of aromatic nitrogens is 1. The second-order valence-corrected chi connectivity index (χ2v) is 7.41. The van der Waals surface area contributed by atoms with Gasteiger partial charge in [-0.1, -0.05) is 17.7 Å². The molecule has 4 rings (SSSR count). The lowest BCUT2D eigenvalue weighted by molar-refractivity contribution is 0.188. The van der Waals surface area contributed by atoms with Crippen molar-refractivity contribution in [3.05, 3.63) is 41.8 Å². The van der Waals surface area contributed by atoms with Gasteiger partial charge < -0.3 is 9.73 Å². The van der Waals surface area contributed by atoms with Crippen molar-refractivity contribution in [3.8, 4) is 11.5 Å². The van der Waals surface area contributed by atoms with Crippen molar-refractivity contribution in [2.75, 3.05) is 19.6 Å². The van der Waals surface area contributed by atoms with Crippen molar-refractivity contribution >= 4 is 12.4 Å². The number of nitrogens with one attached hydrogen (secondary N) is 1. The SMILES string of the molecule is Cc1ccc(-c2nc(CN3CCC(NCC4CC4)CC3)co2)cc1.Cl. The highest BCUT2D eigenvalue weighted by Crippen LogP contribution is 2.28. The molecule has 1 saturated heterocycles. The second-order valence-electron chi connectivity index (χ2n) is 7.41. The fourth-order valence-electron chi connectivity index (χ4n) is 3.39. The number of halogens is 1. The minimum atomic E-state index is 0. The van der Waals surface area contributed by atoms with Crippen LogP contribution in [0.3, 0.4) is 0 Å². The summed E-state index contributed by atoms with van der Waals surface area (Å²) in [4.78, 5) is 7.16. The molecule has 136 valence electrons. The zero-order valence-electron chi connectivity index (χ0n) is 14.9. The third-order valence-corrected chi connectivity index (χ3v) is 5.22. The van der Waals surface area contributed by atoms with Crippen LogP contribution in [-0.4, -0.2) is 35.6 Å². The summed E-state index contributed by atoms with van der Waals surface area (Å²) in [7, 11) is 0. The van der Waals surface area contributed by atoms with E-state index in [0.29, 0.717) is 6.04 Å². The van der Waals surface area contributed by atoms with Gasteiger partial charge in [0, 0.05) is 31.2 Å². The lowest BCUT2D eigenvalue weighted by Gasteiger charge is -2.31. The number of hydrogen-bond acceptors (Lipinski definition) is 4. The van der Waals surface area contributed by atoms with E-state index in [1.54, 1.807) is 0 Å². The molecule has 2 aliphatic rings. The standard InChI is InChI=1S/C20H27N3O.ClH/c1-15-2-6-17(7-3-15)20-22-19(14-24-20)13-23-10-8-18(9-11-23)21-12-16-4-5-16;/h2-3,6-7,14,16,18,21H,4-5,8-13H2,1H3;1H. The van der Waals surface area contributed by atoms with Crippen LogP contribution in [0.5, 0.6) is 0 Å². The first-order chi connectivity index (χ1) is 11.8. The van der Waals surface area contributed by atoms with Gasteiger partial charge in [-0.3, -0.25) is 4.90 Å². The van der Waals surface area contributed by atoms with Crippen LogP contribution in [0.25, 0.3) is 11.5 Å². The van der Waals surface area contributed by atoms with E-state index >= 15 is 0 Å². The van der Waals surface area contributed by atoms with E-state index in [-0.39, 0.29) is 12.4 Å². The summed E-state index contributed by atoms with van der Waals surface area (Å²) in [6, 6.07) is 9.04. The number of oxazole rings is 1. The minimum absolute atomic E-state index is 0. The molecule has 0 radical (unpaired) electrons. The van der Waals surface area contributed by atoms with E-state index in [1.165, 1.54) is 37.8 Å². The molecule has 0 atom stereocenters. The summed E-state index contributed by atoms with van der Waals surface area (Å²) < 4.78 is 5.67. The lowest BCUT2D eigenvalue weighted by atomic mass is 10.0. The first-order valence-corrected chi connectivity index (χ1v) is 9.23. The molecule has 1 saturated carbocycles. The zero-order chi connectivity index (χ0) is 16.4. The van der Waals surface area contributed by atoms with Crippen LogP contribution in [-0.2, 0) is 6.54 Å². The Morgan fingerprint density at radius 1 is 1.12 bits per heavy atom. The molecule has 1 aliphatic heterocycles. The molecule has 2 heterocycles. The van der Waals surface area contributed by atoms with Gasteiger partial charge in [-0.25, -0.2) is 4.98 Å². The summed E-state index contributed by atoms with van der Waals surface area (Å²) in [6.07, 6.45) is 7.17. The molecular formula is C20H28ClN3O. The summed E-state index contributed by atoms with van der Waals surface area (Å²) in [5.74, 6) is 1.70. The van der Waals surface area contributed by atoms with Crippen LogP contribution < -0.4 is 5.32 Å². The smallest absolute Gasteiger partial charge is 0.226 e. The molecule has 1 N–H and O–H groups in total. The van der Waals surface area contributed by atoms with Gasteiger partial charge in [-0.2, -0.15) is 0 Å². The van der Waals surface area contributed by atoms with Crippen LogP contribution >= 0.6 is 12.4 Å². The van der Waals surface area contributed by atoms with E-state index in [2.05, 4.69) is 46.4 Å². The van der Waals surface area contributed by atoms with Gasteiger partial charge in [-0.15, -0.1) is 12.4 Å². The van der Waals surface area contributed by atoms with Gasteiger partial charge in [0.25, 0.3) is 0 Å². The molecule has 2 fully saturated rings. The van der Waals surface area contributed by atoms with E-state index in [0.717, 1.165) is 42.7 Å². The molecule has 0 unspecified atom stereocenters. The minimum Gasteiger partial charge on any atom is -0.444 e. The predicted molar refractivity (Wildman–Crippen MR) is 103 cm³/mol. The molecule has 1 aromatic heterocycles. The maximum absolute atomic E-state index is 5.67. The molecule has 1 aromatic carbocycles. The van der Waals surface area contributed by atoms with Crippen molar-refractivity contribution in [3.63, 3.8) is 0 Å². The van der Waals surface area contributed by atoms with Crippen molar-refractivity contribution in [2.24, 2.45) is 5.92 Å². The van der Waals surface area contributed by atoms with E-state index < -0.39 is 0 Å². The molecule has 4 nitrogen and oxygen atoms in total. The molecule has 0 bridgehead atoms. The van der Waals surface area contributed by atoms with Crippen LogP contribution in [0.15, 0.2) is 34.9 Å². The summed E-state index contributed by atoms with van der Waals surface area (Å²) >= 11 is 0. The molecular weight excluding hydrogens is 334 g/mol. The molecule has 1 aliphatic carbocycles. The first-order valence-electron chi connectivity index (χ1n) is 9.23. The van der Waals surface area contributed by atoms with E-state index in [9.17, 15) is 0 Å². The second kappa shape index (κ2) is 8.35. The Labute approximate surface area is 156 Å². The van der Waals surface area contributed by atoms with Gasteiger partial charge in [0.05, 0.1) is 5.69 Å². The Bertz CT molecular complexity index is 658. The quantitative estimate of drug-likeness (QED) is 0.843. The zero-order valence-corrected chi connectivity index (χ0v) is 15.7. The predicted octanol–water partition coefficient (Wildman–Crippen LogP) is 4.04. The number of piperidine rings is 1. The van der Waals surface area contributed by atoms with E-state index in [4.69, 9.17) is 4.42 Å². The number of benzene rings is 1. The number of nitrogens with zero attached hydrogens (tertiary/aromatic N) is 2. The molecule has 0 amide bonds. The number of aryl methyl sites for hydroxylation is 1. The largest absolute Gasteiger partial charge is 0.444 e. The third kappa shape index (κ3) is 5.06. The molecule has 0 spiro atoms. The monoisotopic (exact) mass is 361 g/mol. The Balaban J connectivity index is 0.00000182. The van der Waals surface area contributed by atoms with Gasteiger partial charge in [0.1, 0.15) is 6.26 Å². The van der Waals surface area contributed by atoms with Gasteiger partial charge in [0.15, 0.2) is 0 Å². The molecule has 5 heteroatoms. The van der Waals surface area contributed by atoms with Crippen molar-refractivity contribution in [1.29, 1.82) is 0 Å². The van der Waals surface area contributed by atoms with Gasteiger partial charge in [-0.05, 0) is 57.2 Å². The fourth-order valence-corrected chi connectivity index (χ4v) is 3.39. The maximum Gasteiger partial charge on any atom is 0.226 e. The Hall–Kier alpha value is -1.36. The fraction of sp³-hybridized carbons (Fsp3) is 0.550. The number of rotatable bonds is 6. The summed E-state index contributed by atoms with van der Waals surface area (Å²) in [5.41, 5.74) is 3.34. The van der Waals surface area contributed by atoms with Crippen LogP contribution in [0.1, 0.15) is 36.9 Å². The van der Waals surface area contributed by atoms with Gasteiger partial charge in [0.2, 0.25) is 5.89 Å². The lowest BCUT2D eigenvalue weighted by Crippen LogP contribution is -2.42. The normalized spacial score (nSPS) is 18.9. The van der Waals surface area contributed by atoms with Crippen LogP contribution in [0.2, 0.25) is 0 Å².